The van der Waals surface area contributed by atoms with Gasteiger partial charge in [0.15, 0.2) is 0 Å². The van der Waals surface area contributed by atoms with E-state index in [0.717, 1.165) is 5.75 Å². The molecule has 0 radical (unpaired) electrons. The predicted octanol–water partition coefficient (Wildman–Crippen LogP) is 2.60. The highest BCUT2D eigenvalue weighted by molar-refractivity contribution is 9.10. The summed E-state index contributed by atoms with van der Waals surface area (Å²) in [4.78, 5) is 21.6. The lowest BCUT2D eigenvalue weighted by atomic mass is 10.3. The number of aromatic nitrogens is 1. The number of pyridine rings is 1. The van der Waals surface area contributed by atoms with Crippen LogP contribution in [0, 0.1) is 10.1 Å². The van der Waals surface area contributed by atoms with Gasteiger partial charge in [-0.2, -0.15) is 0 Å². The van der Waals surface area contributed by atoms with E-state index < -0.39 is 16.0 Å². The molecule has 0 aliphatic rings. The molecule has 0 aliphatic heterocycles. The fourth-order valence-electron chi connectivity index (χ4n) is 1.62. The number of nitro groups is 1. The Morgan fingerprint density at radius 1 is 1.25 bits per heavy atom. The van der Waals surface area contributed by atoms with Gasteiger partial charge in [0.05, 0.1) is 22.1 Å². The predicted molar refractivity (Wildman–Crippen MR) is 77.0 cm³/mol. The van der Waals surface area contributed by atoms with E-state index >= 15 is 0 Å². The Morgan fingerprint density at radius 3 is 2.60 bits per heavy atom. The molecular formula is C13H11BrN2O4. The van der Waals surface area contributed by atoms with Crippen LogP contribution in [0.25, 0.3) is 0 Å². The van der Waals surface area contributed by atoms with E-state index in [-0.39, 0.29) is 4.47 Å². The largest absolute Gasteiger partial charge is 0.492 e. The normalized spacial score (nSPS) is 10.2. The summed E-state index contributed by atoms with van der Waals surface area (Å²) < 4.78 is 7.20. The van der Waals surface area contributed by atoms with Gasteiger partial charge in [0.2, 0.25) is 0 Å². The van der Waals surface area contributed by atoms with Gasteiger partial charge < -0.3 is 9.30 Å². The van der Waals surface area contributed by atoms with Crippen LogP contribution in [-0.4, -0.2) is 16.1 Å². The van der Waals surface area contributed by atoms with Crippen molar-refractivity contribution < 1.29 is 9.66 Å². The minimum Gasteiger partial charge on any atom is -0.492 e. The van der Waals surface area contributed by atoms with E-state index in [1.165, 1.54) is 12.4 Å². The van der Waals surface area contributed by atoms with Crippen molar-refractivity contribution in [1.82, 2.24) is 4.57 Å². The van der Waals surface area contributed by atoms with Crippen LogP contribution in [0.3, 0.4) is 0 Å². The Kier molecular flexibility index (Phi) is 4.52. The molecule has 0 saturated heterocycles. The molecule has 20 heavy (non-hydrogen) atoms. The van der Waals surface area contributed by atoms with Gasteiger partial charge in [-0.25, -0.2) is 0 Å². The summed E-state index contributed by atoms with van der Waals surface area (Å²) in [6, 6.07) is 9.24. The molecule has 6 nitrogen and oxygen atoms in total. The van der Waals surface area contributed by atoms with Crippen molar-refractivity contribution in [3.63, 3.8) is 0 Å². The molecule has 1 aromatic heterocycles. The lowest BCUT2D eigenvalue weighted by Crippen LogP contribution is -2.15. The number of hydrogen-bond donors (Lipinski definition) is 0. The smallest absolute Gasteiger partial charge is 0.333 e. The van der Waals surface area contributed by atoms with Crippen molar-refractivity contribution in [3.05, 3.63) is 67.5 Å². The van der Waals surface area contributed by atoms with Gasteiger partial charge in [-0.3, -0.25) is 14.9 Å². The second kappa shape index (κ2) is 6.33. The highest BCUT2D eigenvalue weighted by atomic mass is 79.9. The fourth-order valence-corrected chi connectivity index (χ4v) is 2.09. The number of halogens is 1. The topological polar surface area (TPSA) is 74.4 Å². The van der Waals surface area contributed by atoms with Crippen molar-refractivity contribution >= 4 is 21.6 Å². The zero-order chi connectivity index (χ0) is 14.5. The quantitative estimate of drug-likeness (QED) is 0.620. The molecule has 1 aromatic carbocycles. The third-order valence-electron chi connectivity index (χ3n) is 2.57. The number of nitrogens with zero attached hydrogens (tertiary/aromatic N) is 2. The average Bonchev–Trinajstić information content (AvgIpc) is 2.43. The molecule has 2 aromatic rings. The Morgan fingerprint density at radius 2 is 1.95 bits per heavy atom. The fraction of sp³-hybridized carbons (Fsp3) is 0.154. The second-order valence-electron chi connectivity index (χ2n) is 3.98. The monoisotopic (exact) mass is 338 g/mol. The Labute approximate surface area is 122 Å². The first-order valence-corrected chi connectivity index (χ1v) is 6.59. The van der Waals surface area contributed by atoms with Crippen LogP contribution in [-0.2, 0) is 6.54 Å². The maximum Gasteiger partial charge on any atom is 0.333 e. The summed E-state index contributed by atoms with van der Waals surface area (Å²) in [6.45, 7) is 0.741. The summed E-state index contributed by atoms with van der Waals surface area (Å²) in [5.74, 6) is 0.724. The Balaban J connectivity index is 2.07. The number of rotatable bonds is 5. The highest BCUT2D eigenvalue weighted by Crippen LogP contribution is 2.12. The molecule has 0 bridgehead atoms. The molecule has 0 atom stereocenters. The van der Waals surface area contributed by atoms with E-state index in [1.807, 2.05) is 30.3 Å². The van der Waals surface area contributed by atoms with E-state index in [1.54, 1.807) is 4.57 Å². The third kappa shape index (κ3) is 3.45. The van der Waals surface area contributed by atoms with Crippen LogP contribution in [0.5, 0.6) is 5.75 Å². The molecule has 1 heterocycles. The van der Waals surface area contributed by atoms with Crippen molar-refractivity contribution in [2.75, 3.05) is 6.61 Å². The molecule has 104 valence electrons. The molecule has 7 heteroatoms. The van der Waals surface area contributed by atoms with Crippen LogP contribution in [0.4, 0.5) is 5.69 Å². The van der Waals surface area contributed by atoms with E-state index in [2.05, 4.69) is 15.9 Å². The molecular weight excluding hydrogens is 328 g/mol. The van der Waals surface area contributed by atoms with Gasteiger partial charge >= 0.3 is 5.69 Å². The minimum atomic E-state index is -0.693. The molecule has 0 N–H and O–H groups in total. The lowest BCUT2D eigenvalue weighted by molar-refractivity contribution is -0.386. The Bertz CT molecular complexity index is 670. The zero-order valence-corrected chi connectivity index (χ0v) is 11.9. The van der Waals surface area contributed by atoms with Crippen LogP contribution in [0.2, 0.25) is 0 Å². The maximum atomic E-state index is 11.5. The maximum absolute atomic E-state index is 11.5. The summed E-state index contributed by atoms with van der Waals surface area (Å²) in [5.41, 5.74) is -1.09. The summed E-state index contributed by atoms with van der Waals surface area (Å²) in [5, 5.41) is 10.8. The summed E-state index contributed by atoms with van der Waals surface area (Å²) in [6.07, 6.45) is 2.71. The molecule has 0 saturated carbocycles. The first-order chi connectivity index (χ1) is 9.58. The van der Waals surface area contributed by atoms with Crippen LogP contribution in [0.1, 0.15) is 0 Å². The summed E-state index contributed by atoms with van der Waals surface area (Å²) in [7, 11) is 0. The third-order valence-corrected chi connectivity index (χ3v) is 3.14. The van der Waals surface area contributed by atoms with Gasteiger partial charge in [0.25, 0.3) is 5.43 Å². The molecule has 0 fully saturated rings. The molecule has 0 unspecified atom stereocenters. The van der Waals surface area contributed by atoms with Crippen molar-refractivity contribution in [1.29, 1.82) is 0 Å². The standard InChI is InChI=1S/C13H11BrN2O4/c14-11-8-15(9-12(13(11)17)16(18)19)6-7-20-10-4-2-1-3-5-10/h1-5,8-9H,6-7H2. The van der Waals surface area contributed by atoms with Crippen LogP contribution < -0.4 is 10.2 Å². The lowest BCUT2D eigenvalue weighted by Gasteiger charge is -2.09. The molecule has 0 spiro atoms. The first-order valence-electron chi connectivity index (χ1n) is 5.80. The van der Waals surface area contributed by atoms with Gasteiger partial charge in [-0.05, 0) is 28.1 Å². The number of ether oxygens (including phenoxy) is 1. The van der Waals surface area contributed by atoms with E-state index in [4.69, 9.17) is 4.74 Å². The number of benzene rings is 1. The number of para-hydroxylation sites is 1. The van der Waals surface area contributed by atoms with Crippen molar-refractivity contribution in [2.24, 2.45) is 0 Å². The Hall–Kier alpha value is -2.15. The zero-order valence-electron chi connectivity index (χ0n) is 10.4. The minimum absolute atomic E-state index is 0.159. The second-order valence-corrected chi connectivity index (χ2v) is 4.83. The van der Waals surface area contributed by atoms with Crippen LogP contribution in [0.15, 0.2) is 52.0 Å². The van der Waals surface area contributed by atoms with Crippen LogP contribution >= 0.6 is 15.9 Å². The molecule has 0 aliphatic carbocycles. The van der Waals surface area contributed by atoms with Gasteiger partial charge in [-0.1, -0.05) is 18.2 Å². The SMILES string of the molecule is O=c1c(Br)cn(CCOc2ccccc2)cc1[N+](=O)[O-]. The average molecular weight is 339 g/mol. The van der Waals surface area contributed by atoms with Crippen molar-refractivity contribution in [2.45, 2.75) is 6.54 Å². The molecule has 0 amide bonds. The van der Waals surface area contributed by atoms with Gasteiger partial charge in [-0.15, -0.1) is 0 Å². The van der Waals surface area contributed by atoms with Gasteiger partial charge in [0.1, 0.15) is 12.4 Å². The number of hydrogen-bond acceptors (Lipinski definition) is 4. The van der Waals surface area contributed by atoms with E-state index in [9.17, 15) is 14.9 Å². The molecule has 2 rings (SSSR count). The first kappa shape index (κ1) is 14.3. The summed E-state index contributed by atoms with van der Waals surface area (Å²) >= 11 is 3.02. The highest BCUT2D eigenvalue weighted by Gasteiger charge is 2.15. The van der Waals surface area contributed by atoms with Gasteiger partial charge in [0, 0.05) is 6.20 Å². The van der Waals surface area contributed by atoms with Crippen molar-refractivity contribution in [3.8, 4) is 5.75 Å². The van der Waals surface area contributed by atoms with E-state index in [0.29, 0.717) is 13.2 Å².